The summed E-state index contributed by atoms with van der Waals surface area (Å²) in [4.78, 5) is 4.40. The largest absolute Gasteiger partial charge is 0.486 e. The average Bonchev–Trinajstić information content (AvgIpc) is 3.37. The molecule has 0 aliphatic carbocycles. The summed E-state index contributed by atoms with van der Waals surface area (Å²) in [5.41, 5.74) is 2.59. The molecule has 9 heteroatoms. The fraction of sp³-hybridized carbons (Fsp3) is 0.261. The number of thioether (sulfide) groups is 1. The van der Waals surface area contributed by atoms with Gasteiger partial charge in [-0.3, -0.25) is 0 Å². The monoisotopic (exact) mass is 453 g/mol. The van der Waals surface area contributed by atoms with E-state index in [0.29, 0.717) is 33.9 Å². The lowest BCUT2D eigenvalue weighted by atomic mass is 9.87. The summed E-state index contributed by atoms with van der Waals surface area (Å²) in [5.74, 6) is 7.87. The number of nitrogens with zero attached hydrogens (tertiary/aromatic N) is 4. The Morgan fingerprint density at radius 1 is 1.12 bits per heavy atom. The molecule has 0 saturated heterocycles. The van der Waals surface area contributed by atoms with Crippen molar-refractivity contribution < 1.29 is 13.5 Å². The molecule has 0 fully saturated rings. The van der Waals surface area contributed by atoms with Crippen LogP contribution in [-0.4, -0.2) is 19.9 Å². The molecule has 166 valence electrons. The molecule has 0 bridgehead atoms. The van der Waals surface area contributed by atoms with Gasteiger partial charge in [-0.15, -0.1) is 10.2 Å². The van der Waals surface area contributed by atoms with Crippen molar-refractivity contribution in [2.24, 2.45) is 0 Å². The summed E-state index contributed by atoms with van der Waals surface area (Å²) in [5, 5.41) is 8.78. The van der Waals surface area contributed by atoms with Gasteiger partial charge in [-0.2, -0.15) is 0 Å². The fourth-order valence-corrected chi connectivity index (χ4v) is 3.72. The minimum absolute atomic E-state index is 0.0873. The van der Waals surface area contributed by atoms with Crippen LogP contribution in [0.15, 0.2) is 64.4 Å². The zero-order valence-electron chi connectivity index (χ0n) is 18.1. The average molecular weight is 454 g/mol. The summed E-state index contributed by atoms with van der Waals surface area (Å²) >= 11 is 1.37. The van der Waals surface area contributed by atoms with Crippen LogP contribution in [0.4, 0.5) is 4.39 Å². The summed E-state index contributed by atoms with van der Waals surface area (Å²) in [6, 6.07) is 14.1. The van der Waals surface area contributed by atoms with Crippen molar-refractivity contribution in [3.05, 3.63) is 77.7 Å². The molecule has 2 aromatic carbocycles. The molecule has 2 N–H and O–H groups in total. The summed E-state index contributed by atoms with van der Waals surface area (Å²) in [6.45, 7) is 6.70. The van der Waals surface area contributed by atoms with Crippen LogP contribution in [0.2, 0.25) is 0 Å². The first-order valence-corrected chi connectivity index (χ1v) is 11.0. The maximum absolute atomic E-state index is 13.4. The van der Waals surface area contributed by atoms with Crippen LogP contribution in [0.1, 0.15) is 37.9 Å². The lowest BCUT2D eigenvalue weighted by molar-refractivity contribution is 0.291. The van der Waals surface area contributed by atoms with Gasteiger partial charge in [0.1, 0.15) is 24.4 Å². The maximum atomic E-state index is 13.4. The van der Waals surface area contributed by atoms with Crippen LogP contribution in [0.5, 0.6) is 5.75 Å². The highest BCUT2D eigenvalue weighted by molar-refractivity contribution is 7.98. The Morgan fingerprint density at radius 2 is 1.91 bits per heavy atom. The minimum atomic E-state index is -0.340. The molecule has 0 unspecified atom stereocenters. The van der Waals surface area contributed by atoms with Crippen molar-refractivity contribution in [1.29, 1.82) is 0 Å². The molecule has 0 radical (unpaired) electrons. The lowest BCUT2D eigenvalue weighted by Crippen LogP contribution is -2.16. The zero-order chi connectivity index (χ0) is 22.7. The van der Waals surface area contributed by atoms with E-state index >= 15 is 0 Å². The van der Waals surface area contributed by atoms with Gasteiger partial charge in [0.25, 0.3) is 0 Å². The SMILES string of the molecule is CC(C)(C)c1ccc(OCc2nnc(SCc3coc(-c4cccc(F)c4)n3)n2N)cc1. The second-order valence-electron chi connectivity index (χ2n) is 8.27. The minimum Gasteiger partial charge on any atom is -0.486 e. The number of oxazole rings is 1. The van der Waals surface area contributed by atoms with Crippen LogP contribution < -0.4 is 10.6 Å². The fourth-order valence-electron chi connectivity index (χ4n) is 2.97. The van der Waals surface area contributed by atoms with Crippen molar-refractivity contribution >= 4 is 11.8 Å². The molecule has 32 heavy (non-hydrogen) atoms. The standard InChI is InChI=1S/C23H24FN5O2S/c1-23(2,3)16-7-9-19(10-8-16)30-13-20-27-28-22(29(20)25)32-14-18-12-31-21(26-18)15-5-4-6-17(24)11-15/h4-12H,13-14,25H2,1-3H3. The van der Waals surface area contributed by atoms with E-state index in [1.165, 1.54) is 40.4 Å². The first-order chi connectivity index (χ1) is 15.3. The van der Waals surface area contributed by atoms with Gasteiger partial charge in [-0.05, 0) is 41.3 Å². The van der Waals surface area contributed by atoms with E-state index < -0.39 is 0 Å². The Kier molecular flexibility index (Phi) is 6.18. The van der Waals surface area contributed by atoms with E-state index in [-0.39, 0.29) is 17.8 Å². The zero-order valence-corrected chi connectivity index (χ0v) is 18.9. The number of hydrogen-bond acceptors (Lipinski definition) is 7. The number of benzene rings is 2. The van der Waals surface area contributed by atoms with Crippen LogP contribution >= 0.6 is 11.8 Å². The Morgan fingerprint density at radius 3 is 2.62 bits per heavy atom. The molecule has 0 aliphatic rings. The topological polar surface area (TPSA) is 92.0 Å². The van der Waals surface area contributed by atoms with Gasteiger partial charge in [0, 0.05) is 11.3 Å². The molecule has 4 aromatic rings. The molecule has 0 saturated carbocycles. The third-order valence-electron chi connectivity index (χ3n) is 4.80. The molecular formula is C23H24FN5O2S. The van der Waals surface area contributed by atoms with Crippen molar-refractivity contribution in [3.8, 4) is 17.2 Å². The highest BCUT2D eigenvalue weighted by Crippen LogP contribution is 2.26. The Labute approximate surface area is 189 Å². The second-order valence-corrected chi connectivity index (χ2v) is 9.22. The smallest absolute Gasteiger partial charge is 0.226 e. The van der Waals surface area contributed by atoms with E-state index in [1.807, 2.05) is 12.1 Å². The first kappa shape index (κ1) is 21.9. The van der Waals surface area contributed by atoms with E-state index in [4.69, 9.17) is 15.0 Å². The Hall–Kier alpha value is -3.33. The molecule has 0 amide bonds. The quantitative estimate of drug-likeness (QED) is 0.312. The molecule has 2 heterocycles. The number of hydrogen-bond donors (Lipinski definition) is 1. The third kappa shape index (κ3) is 5.11. The van der Waals surface area contributed by atoms with Gasteiger partial charge >= 0.3 is 0 Å². The van der Waals surface area contributed by atoms with Gasteiger partial charge in [0.2, 0.25) is 11.0 Å². The molecular weight excluding hydrogens is 429 g/mol. The highest BCUT2D eigenvalue weighted by atomic mass is 32.2. The number of halogens is 1. The van der Waals surface area contributed by atoms with E-state index in [2.05, 4.69) is 48.1 Å². The lowest BCUT2D eigenvalue weighted by Gasteiger charge is -2.19. The number of ether oxygens (including phenoxy) is 1. The second kappa shape index (κ2) is 9.04. The van der Waals surface area contributed by atoms with Crippen molar-refractivity contribution in [3.63, 3.8) is 0 Å². The summed E-state index contributed by atoms with van der Waals surface area (Å²) in [6.07, 6.45) is 1.54. The number of nitrogens with two attached hydrogens (primary N) is 1. The number of rotatable bonds is 7. The van der Waals surface area contributed by atoms with Crippen LogP contribution in [0.3, 0.4) is 0 Å². The van der Waals surface area contributed by atoms with Gasteiger partial charge < -0.3 is 15.0 Å². The molecule has 2 aromatic heterocycles. The predicted octanol–water partition coefficient (Wildman–Crippen LogP) is 4.95. The maximum Gasteiger partial charge on any atom is 0.226 e. The van der Waals surface area contributed by atoms with Crippen molar-refractivity contribution in [1.82, 2.24) is 19.9 Å². The van der Waals surface area contributed by atoms with Crippen LogP contribution in [-0.2, 0) is 17.8 Å². The van der Waals surface area contributed by atoms with E-state index in [0.717, 1.165) is 5.75 Å². The van der Waals surface area contributed by atoms with Gasteiger partial charge in [-0.25, -0.2) is 14.1 Å². The summed E-state index contributed by atoms with van der Waals surface area (Å²) < 4.78 is 26.1. The molecule has 0 atom stereocenters. The third-order valence-corrected chi connectivity index (χ3v) is 5.77. The van der Waals surface area contributed by atoms with Crippen LogP contribution in [0.25, 0.3) is 11.5 Å². The molecule has 0 aliphatic heterocycles. The van der Waals surface area contributed by atoms with Gasteiger partial charge in [0.05, 0.1) is 5.69 Å². The highest BCUT2D eigenvalue weighted by Gasteiger charge is 2.15. The Balaban J connectivity index is 1.34. The molecule has 0 spiro atoms. The Bertz CT molecular complexity index is 1200. The first-order valence-electron chi connectivity index (χ1n) is 10.1. The van der Waals surface area contributed by atoms with Gasteiger partial charge in [-0.1, -0.05) is 50.7 Å². The number of aromatic nitrogens is 4. The number of nitrogen functional groups attached to an aromatic ring is 1. The normalized spacial score (nSPS) is 11.6. The van der Waals surface area contributed by atoms with Crippen molar-refractivity contribution in [2.45, 2.75) is 43.7 Å². The van der Waals surface area contributed by atoms with E-state index in [1.54, 1.807) is 12.1 Å². The molecule has 4 rings (SSSR count). The predicted molar refractivity (Wildman–Crippen MR) is 121 cm³/mol. The molecule has 7 nitrogen and oxygen atoms in total. The van der Waals surface area contributed by atoms with E-state index in [9.17, 15) is 4.39 Å². The van der Waals surface area contributed by atoms with Crippen LogP contribution in [0, 0.1) is 5.82 Å². The summed E-state index contributed by atoms with van der Waals surface area (Å²) in [7, 11) is 0. The van der Waals surface area contributed by atoms with Gasteiger partial charge in [0.15, 0.2) is 5.82 Å². The van der Waals surface area contributed by atoms with Crippen molar-refractivity contribution in [2.75, 3.05) is 5.84 Å².